The Hall–Kier alpha value is -1.06. The summed E-state index contributed by atoms with van der Waals surface area (Å²) < 4.78 is 6.01. The van der Waals surface area contributed by atoms with Crippen molar-refractivity contribution in [2.24, 2.45) is 0 Å². The van der Waals surface area contributed by atoms with E-state index in [0.29, 0.717) is 6.04 Å². The van der Waals surface area contributed by atoms with Gasteiger partial charge < -0.3 is 15.2 Å². The minimum Gasteiger partial charge on any atom is -0.487 e. The zero-order chi connectivity index (χ0) is 13.4. The van der Waals surface area contributed by atoms with E-state index in [0.717, 1.165) is 17.7 Å². The summed E-state index contributed by atoms with van der Waals surface area (Å²) in [6, 6.07) is 8.28. The van der Waals surface area contributed by atoms with Crippen LogP contribution in [0.4, 0.5) is 0 Å². The average Bonchev–Trinajstić information content (AvgIpc) is 2.26. The van der Waals surface area contributed by atoms with Crippen LogP contribution in [0.15, 0.2) is 24.3 Å². The van der Waals surface area contributed by atoms with Gasteiger partial charge in [0, 0.05) is 18.0 Å². The maximum atomic E-state index is 9.95. The molecule has 1 heterocycles. The van der Waals surface area contributed by atoms with Gasteiger partial charge in [-0.25, -0.2) is 0 Å². The smallest absolute Gasteiger partial charge is 0.125 e. The van der Waals surface area contributed by atoms with Gasteiger partial charge in [0.15, 0.2) is 0 Å². The van der Waals surface area contributed by atoms with Gasteiger partial charge in [-0.05, 0) is 33.8 Å². The molecule has 2 rings (SSSR count). The molecule has 0 saturated carbocycles. The number of aliphatic hydroxyl groups is 1. The molecule has 0 amide bonds. The Balaban J connectivity index is 2.51. The number of ether oxygens (including phenoxy) is 1. The van der Waals surface area contributed by atoms with Crippen LogP contribution in [0.1, 0.15) is 39.7 Å². The lowest BCUT2D eigenvalue weighted by Crippen LogP contribution is -2.56. The summed E-state index contributed by atoms with van der Waals surface area (Å²) in [5, 5.41) is 13.5. The summed E-state index contributed by atoms with van der Waals surface area (Å²) in [7, 11) is 0. The number of rotatable bonds is 3. The van der Waals surface area contributed by atoms with Gasteiger partial charge in [-0.1, -0.05) is 18.2 Å². The molecule has 1 atom stereocenters. The monoisotopic (exact) mass is 249 g/mol. The van der Waals surface area contributed by atoms with Crippen LogP contribution in [0.5, 0.6) is 5.75 Å². The van der Waals surface area contributed by atoms with Gasteiger partial charge in [0.2, 0.25) is 0 Å². The SMILES string of the molecule is CC(C)NC1(CO)CC(C)(C)Oc2ccccc21. The van der Waals surface area contributed by atoms with Crippen molar-refractivity contribution in [2.75, 3.05) is 6.61 Å². The first-order valence-corrected chi connectivity index (χ1v) is 6.56. The molecular formula is C15H23NO2. The Kier molecular flexibility index (Phi) is 3.39. The summed E-state index contributed by atoms with van der Waals surface area (Å²) in [5.41, 5.74) is 0.367. The lowest BCUT2D eigenvalue weighted by Gasteiger charge is -2.46. The molecule has 0 fully saturated rings. The summed E-state index contributed by atoms with van der Waals surface area (Å²) >= 11 is 0. The first-order valence-electron chi connectivity index (χ1n) is 6.56. The zero-order valence-corrected chi connectivity index (χ0v) is 11.7. The highest BCUT2D eigenvalue weighted by Gasteiger charge is 2.44. The molecule has 0 spiro atoms. The van der Waals surface area contributed by atoms with Crippen LogP contribution in [0.25, 0.3) is 0 Å². The molecule has 0 aliphatic carbocycles. The van der Waals surface area contributed by atoms with Crippen LogP contribution >= 0.6 is 0 Å². The molecule has 0 radical (unpaired) electrons. The highest BCUT2D eigenvalue weighted by molar-refractivity contribution is 5.42. The first-order chi connectivity index (χ1) is 8.38. The minimum absolute atomic E-state index is 0.0784. The van der Waals surface area contributed by atoms with Crippen LogP contribution in [-0.2, 0) is 5.54 Å². The second kappa shape index (κ2) is 4.56. The van der Waals surface area contributed by atoms with Crippen molar-refractivity contribution < 1.29 is 9.84 Å². The molecule has 100 valence electrons. The van der Waals surface area contributed by atoms with E-state index in [1.165, 1.54) is 0 Å². The molecular weight excluding hydrogens is 226 g/mol. The summed E-state index contributed by atoms with van der Waals surface area (Å²) in [6.07, 6.45) is 0.756. The highest BCUT2D eigenvalue weighted by Crippen LogP contribution is 2.43. The van der Waals surface area contributed by atoms with E-state index >= 15 is 0 Å². The van der Waals surface area contributed by atoms with E-state index in [-0.39, 0.29) is 12.2 Å². The van der Waals surface area contributed by atoms with Crippen molar-refractivity contribution in [3.05, 3.63) is 29.8 Å². The van der Waals surface area contributed by atoms with Gasteiger partial charge >= 0.3 is 0 Å². The molecule has 1 aliphatic heterocycles. The van der Waals surface area contributed by atoms with E-state index in [1.807, 2.05) is 24.3 Å². The third-order valence-corrected chi connectivity index (χ3v) is 3.35. The number of benzene rings is 1. The van der Waals surface area contributed by atoms with Gasteiger partial charge in [0.1, 0.15) is 11.4 Å². The fourth-order valence-corrected chi connectivity index (χ4v) is 2.97. The molecule has 0 bridgehead atoms. The van der Waals surface area contributed by atoms with Crippen molar-refractivity contribution in [3.8, 4) is 5.75 Å². The van der Waals surface area contributed by atoms with Crippen molar-refractivity contribution in [3.63, 3.8) is 0 Å². The Labute approximate surface area is 109 Å². The van der Waals surface area contributed by atoms with Crippen molar-refractivity contribution in [1.29, 1.82) is 0 Å². The van der Waals surface area contributed by atoms with Gasteiger partial charge in [-0.15, -0.1) is 0 Å². The molecule has 1 aromatic carbocycles. The Morgan fingerprint density at radius 3 is 2.61 bits per heavy atom. The third-order valence-electron chi connectivity index (χ3n) is 3.35. The predicted molar refractivity (Wildman–Crippen MR) is 72.8 cm³/mol. The fourth-order valence-electron chi connectivity index (χ4n) is 2.97. The molecule has 1 aliphatic rings. The number of fused-ring (bicyclic) bond motifs is 1. The molecule has 1 unspecified atom stereocenters. The van der Waals surface area contributed by atoms with E-state index in [1.54, 1.807) is 0 Å². The second-order valence-electron chi connectivity index (χ2n) is 6.07. The quantitative estimate of drug-likeness (QED) is 0.864. The Morgan fingerprint density at radius 2 is 2.00 bits per heavy atom. The van der Waals surface area contributed by atoms with Crippen molar-refractivity contribution in [2.45, 2.75) is 51.3 Å². The summed E-state index contributed by atoms with van der Waals surface area (Å²) in [5.74, 6) is 0.871. The van der Waals surface area contributed by atoms with Crippen LogP contribution in [0.2, 0.25) is 0 Å². The predicted octanol–water partition coefficient (Wildman–Crippen LogP) is 2.43. The second-order valence-corrected chi connectivity index (χ2v) is 6.07. The number of aliphatic hydroxyl groups excluding tert-OH is 1. The molecule has 3 nitrogen and oxygen atoms in total. The molecule has 1 aromatic rings. The lowest BCUT2D eigenvalue weighted by molar-refractivity contribution is 0.00557. The van der Waals surface area contributed by atoms with Crippen LogP contribution in [0.3, 0.4) is 0 Å². The minimum atomic E-state index is -0.410. The maximum Gasteiger partial charge on any atom is 0.125 e. The fraction of sp³-hybridized carbons (Fsp3) is 0.600. The molecule has 2 N–H and O–H groups in total. The van der Waals surface area contributed by atoms with E-state index < -0.39 is 5.54 Å². The summed E-state index contributed by atoms with van der Waals surface area (Å²) in [6.45, 7) is 8.41. The van der Waals surface area contributed by atoms with Gasteiger partial charge in [0.05, 0.1) is 12.1 Å². The highest BCUT2D eigenvalue weighted by atomic mass is 16.5. The van der Waals surface area contributed by atoms with Crippen molar-refractivity contribution >= 4 is 0 Å². The average molecular weight is 249 g/mol. The Morgan fingerprint density at radius 1 is 1.33 bits per heavy atom. The number of nitrogens with one attached hydrogen (secondary N) is 1. The third kappa shape index (κ3) is 2.38. The number of para-hydroxylation sites is 1. The topological polar surface area (TPSA) is 41.5 Å². The molecule has 0 saturated heterocycles. The van der Waals surface area contributed by atoms with Crippen molar-refractivity contribution in [1.82, 2.24) is 5.32 Å². The lowest BCUT2D eigenvalue weighted by atomic mass is 9.77. The first kappa shape index (κ1) is 13.4. The number of hydrogen-bond donors (Lipinski definition) is 2. The van der Waals surface area contributed by atoms with E-state index in [9.17, 15) is 5.11 Å². The molecule has 3 heteroatoms. The maximum absolute atomic E-state index is 9.95. The molecule has 0 aromatic heterocycles. The van der Waals surface area contributed by atoms with Gasteiger partial charge in [0.25, 0.3) is 0 Å². The Bertz CT molecular complexity index is 428. The van der Waals surface area contributed by atoms with Crippen LogP contribution in [0, 0.1) is 0 Å². The van der Waals surface area contributed by atoms with Crippen LogP contribution < -0.4 is 10.1 Å². The van der Waals surface area contributed by atoms with Crippen LogP contribution in [-0.4, -0.2) is 23.4 Å². The van der Waals surface area contributed by atoms with Gasteiger partial charge in [-0.2, -0.15) is 0 Å². The number of hydrogen-bond acceptors (Lipinski definition) is 3. The normalized spacial score (nSPS) is 25.7. The standard InChI is InChI=1S/C15H23NO2/c1-11(2)16-15(10-17)9-14(3,4)18-13-8-6-5-7-12(13)15/h5-8,11,16-17H,9-10H2,1-4H3. The van der Waals surface area contributed by atoms with E-state index in [4.69, 9.17) is 4.74 Å². The summed E-state index contributed by atoms with van der Waals surface area (Å²) in [4.78, 5) is 0. The largest absolute Gasteiger partial charge is 0.487 e. The van der Waals surface area contributed by atoms with Gasteiger partial charge in [-0.3, -0.25) is 0 Å². The van der Waals surface area contributed by atoms with E-state index in [2.05, 4.69) is 33.0 Å². The molecule has 18 heavy (non-hydrogen) atoms. The zero-order valence-electron chi connectivity index (χ0n) is 11.7.